The van der Waals surface area contributed by atoms with E-state index in [0.29, 0.717) is 19.5 Å². The Labute approximate surface area is 198 Å². The predicted molar refractivity (Wildman–Crippen MR) is 125 cm³/mol. The number of ether oxygens (including phenoxy) is 2. The number of carbonyl (C=O) groups is 3. The van der Waals surface area contributed by atoms with Gasteiger partial charge in [-0.2, -0.15) is 0 Å². The molecule has 1 aliphatic heterocycles. The van der Waals surface area contributed by atoms with Gasteiger partial charge in [0, 0.05) is 32.5 Å². The summed E-state index contributed by atoms with van der Waals surface area (Å²) in [6, 6.07) is 15.3. The van der Waals surface area contributed by atoms with Crippen LogP contribution in [-0.4, -0.2) is 67.4 Å². The number of hydrogen-bond donors (Lipinski definition) is 2. The summed E-state index contributed by atoms with van der Waals surface area (Å²) in [5.41, 5.74) is 4.52. The van der Waals surface area contributed by atoms with E-state index in [1.54, 1.807) is 4.90 Å². The van der Waals surface area contributed by atoms with Crippen LogP contribution in [0.15, 0.2) is 48.5 Å². The summed E-state index contributed by atoms with van der Waals surface area (Å²) in [7, 11) is 1.47. The average molecular weight is 467 g/mol. The number of carbonyl (C=O) groups excluding carboxylic acids is 2. The van der Waals surface area contributed by atoms with Crippen molar-refractivity contribution in [2.45, 2.75) is 31.2 Å². The Morgan fingerprint density at radius 1 is 1.09 bits per heavy atom. The SMILES string of the molecule is COC[C@H](NC(=O)OCC1c2ccccc2-c2ccccc21)C(=O)N1CCC(CCC(=O)O)C1. The topological polar surface area (TPSA) is 105 Å². The first-order valence-electron chi connectivity index (χ1n) is 11.6. The maximum absolute atomic E-state index is 13.0. The molecule has 0 aromatic heterocycles. The second-order valence-corrected chi connectivity index (χ2v) is 8.85. The molecular weight excluding hydrogens is 436 g/mol. The van der Waals surface area contributed by atoms with Gasteiger partial charge in [0.1, 0.15) is 12.6 Å². The zero-order valence-electron chi connectivity index (χ0n) is 19.2. The number of methoxy groups -OCH3 is 1. The molecule has 1 unspecified atom stereocenters. The number of carboxylic acid groups (broad SMARTS) is 1. The van der Waals surface area contributed by atoms with Crippen molar-refractivity contribution < 1.29 is 29.0 Å². The predicted octanol–water partition coefficient (Wildman–Crippen LogP) is 3.25. The zero-order valence-corrected chi connectivity index (χ0v) is 19.2. The minimum atomic E-state index is -0.862. The molecule has 8 nitrogen and oxygen atoms in total. The molecule has 1 fully saturated rings. The number of nitrogens with zero attached hydrogens (tertiary/aromatic N) is 1. The highest BCUT2D eigenvalue weighted by molar-refractivity contribution is 5.86. The lowest BCUT2D eigenvalue weighted by Crippen LogP contribution is -2.50. The van der Waals surface area contributed by atoms with E-state index in [0.717, 1.165) is 28.7 Å². The molecule has 0 bridgehead atoms. The number of hydrogen-bond acceptors (Lipinski definition) is 5. The van der Waals surface area contributed by atoms with E-state index in [1.807, 2.05) is 36.4 Å². The van der Waals surface area contributed by atoms with Crippen molar-refractivity contribution in [3.05, 3.63) is 59.7 Å². The Hall–Kier alpha value is -3.39. The van der Waals surface area contributed by atoms with Gasteiger partial charge in [0.25, 0.3) is 0 Å². The average Bonchev–Trinajstić information content (AvgIpc) is 3.44. The fourth-order valence-electron chi connectivity index (χ4n) is 4.94. The monoisotopic (exact) mass is 466 g/mol. The number of nitrogens with one attached hydrogen (secondary N) is 1. The van der Waals surface area contributed by atoms with Crippen molar-refractivity contribution in [3.63, 3.8) is 0 Å². The first-order chi connectivity index (χ1) is 16.5. The first-order valence-corrected chi connectivity index (χ1v) is 11.6. The van der Waals surface area contributed by atoms with Crippen LogP contribution in [-0.2, 0) is 19.1 Å². The minimum Gasteiger partial charge on any atom is -0.481 e. The second-order valence-electron chi connectivity index (χ2n) is 8.85. The van der Waals surface area contributed by atoms with Gasteiger partial charge in [-0.25, -0.2) is 4.79 Å². The van der Waals surface area contributed by atoms with Crippen LogP contribution in [0.2, 0.25) is 0 Å². The van der Waals surface area contributed by atoms with E-state index in [1.165, 1.54) is 7.11 Å². The second kappa shape index (κ2) is 10.7. The molecule has 4 rings (SSSR count). The molecule has 1 saturated heterocycles. The van der Waals surface area contributed by atoms with Crippen molar-refractivity contribution in [2.24, 2.45) is 5.92 Å². The molecular formula is C26H30N2O6. The Bertz CT molecular complexity index is 1010. The molecule has 2 amide bonds. The molecule has 2 atom stereocenters. The highest BCUT2D eigenvalue weighted by Gasteiger charge is 2.33. The number of likely N-dealkylation sites (tertiary alicyclic amines) is 1. The van der Waals surface area contributed by atoms with Gasteiger partial charge >= 0.3 is 12.1 Å². The summed E-state index contributed by atoms with van der Waals surface area (Å²) in [4.78, 5) is 38.1. The molecule has 8 heteroatoms. The number of aliphatic carboxylic acids is 1. The Morgan fingerprint density at radius 3 is 2.35 bits per heavy atom. The summed E-state index contributed by atoms with van der Waals surface area (Å²) in [5.74, 6) is -0.992. The minimum absolute atomic E-state index is 0.0271. The number of fused-ring (bicyclic) bond motifs is 3. The molecule has 2 aromatic carbocycles. The van der Waals surface area contributed by atoms with Crippen LogP contribution < -0.4 is 5.32 Å². The van der Waals surface area contributed by atoms with Crippen molar-refractivity contribution in [1.29, 1.82) is 0 Å². The van der Waals surface area contributed by atoms with E-state index >= 15 is 0 Å². The molecule has 0 spiro atoms. The number of rotatable bonds is 9. The lowest BCUT2D eigenvalue weighted by molar-refractivity contribution is -0.137. The van der Waals surface area contributed by atoms with Crippen LogP contribution >= 0.6 is 0 Å². The van der Waals surface area contributed by atoms with E-state index in [-0.39, 0.29) is 37.4 Å². The third kappa shape index (κ3) is 5.22. The van der Waals surface area contributed by atoms with E-state index < -0.39 is 18.1 Å². The molecule has 1 aliphatic carbocycles. The maximum atomic E-state index is 13.0. The van der Waals surface area contributed by atoms with E-state index in [4.69, 9.17) is 14.6 Å². The van der Waals surface area contributed by atoms with Crippen molar-refractivity contribution in [2.75, 3.05) is 33.4 Å². The largest absolute Gasteiger partial charge is 0.481 e. The smallest absolute Gasteiger partial charge is 0.407 e. The highest BCUT2D eigenvalue weighted by Crippen LogP contribution is 2.44. The standard InChI is InChI=1S/C26H30N2O6/c1-33-16-23(25(31)28-13-12-17(14-28)10-11-24(29)30)27-26(32)34-15-22-20-8-4-2-6-18(20)19-7-3-5-9-21(19)22/h2-9,17,22-23H,10-16H2,1H3,(H,27,32)(H,29,30)/t17?,23-/m0/s1. The fourth-order valence-corrected chi connectivity index (χ4v) is 4.94. The fraction of sp³-hybridized carbons (Fsp3) is 0.423. The number of carboxylic acids is 1. The molecule has 180 valence electrons. The lowest BCUT2D eigenvalue weighted by Gasteiger charge is -2.24. The highest BCUT2D eigenvalue weighted by atomic mass is 16.5. The number of alkyl carbamates (subject to hydrolysis) is 1. The summed E-state index contributed by atoms with van der Waals surface area (Å²) >= 11 is 0. The van der Waals surface area contributed by atoms with Crippen LogP contribution in [0.3, 0.4) is 0 Å². The molecule has 2 N–H and O–H groups in total. The van der Waals surface area contributed by atoms with Crippen molar-refractivity contribution in [1.82, 2.24) is 10.2 Å². The molecule has 2 aromatic rings. The zero-order chi connectivity index (χ0) is 24.1. The maximum Gasteiger partial charge on any atom is 0.407 e. The summed E-state index contributed by atoms with van der Waals surface area (Å²) < 4.78 is 10.7. The Morgan fingerprint density at radius 2 is 1.74 bits per heavy atom. The van der Waals surface area contributed by atoms with Crippen LogP contribution in [0.25, 0.3) is 11.1 Å². The van der Waals surface area contributed by atoms with Gasteiger partial charge in [0.05, 0.1) is 6.61 Å². The van der Waals surface area contributed by atoms with Gasteiger partial charge in [0.15, 0.2) is 0 Å². The molecule has 0 saturated carbocycles. The van der Waals surface area contributed by atoms with E-state index in [2.05, 4.69) is 17.4 Å². The van der Waals surface area contributed by atoms with Crippen molar-refractivity contribution >= 4 is 18.0 Å². The summed E-state index contributed by atoms with van der Waals surface area (Å²) in [5, 5.41) is 11.5. The van der Waals surface area contributed by atoms with Crippen LogP contribution in [0.1, 0.15) is 36.3 Å². The van der Waals surface area contributed by atoms with Crippen LogP contribution in [0.5, 0.6) is 0 Å². The first kappa shape index (κ1) is 23.8. The third-order valence-electron chi connectivity index (χ3n) is 6.63. The van der Waals surface area contributed by atoms with Crippen molar-refractivity contribution in [3.8, 4) is 11.1 Å². The normalized spacial score (nSPS) is 17.7. The van der Waals surface area contributed by atoms with E-state index in [9.17, 15) is 14.4 Å². The Balaban J connectivity index is 1.35. The van der Waals surface area contributed by atoms with Gasteiger partial charge in [-0.3, -0.25) is 9.59 Å². The van der Waals surface area contributed by atoms with Gasteiger partial charge in [-0.05, 0) is 41.0 Å². The van der Waals surface area contributed by atoms with Gasteiger partial charge in [0.2, 0.25) is 5.91 Å². The Kier molecular flexibility index (Phi) is 7.47. The molecule has 1 heterocycles. The molecule has 34 heavy (non-hydrogen) atoms. The van der Waals surface area contributed by atoms with Crippen LogP contribution in [0.4, 0.5) is 4.79 Å². The quantitative estimate of drug-likeness (QED) is 0.588. The van der Waals surface area contributed by atoms with Gasteiger partial charge in [-0.1, -0.05) is 48.5 Å². The third-order valence-corrected chi connectivity index (χ3v) is 6.63. The number of amides is 2. The number of benzene rings is 2. The summed E-state index contributed by atoms with van der Waals surface area (Å²) in [6.45, 7) is 1.21. The molecule has 2 aliphatic rings. The van der Waals surface area contributed by atoms with Gasteiger partial charge in [-0.15, -0.1) is 0 Å². The lowest BCUT2D eigenvalue weighted by atomic mass is 9.98. The van der Waals surface area contributed by atoms with Crippen LogP contribution in [0, 0.1) is 5.92 Å². The molecule has 0 radical (unpaired) electrons. The summed E-state index contributed by atoms with van der Waals surface area (Å²) in [6.07, 6.45) is 0.711. The van der Waals surface area contributed by atoms with Gasteiger partial charge < -0.3 is 24.8 Å².